The second-order valence-corrected chi connectivity index (χ2v) is 6.32. The standard InChI is InChI=1S/C14H17N5O3S/c1-8(23-14-18-17-9(2)19(14)15)13(20)16-10-3-4-11-12(7-10)22-6-5-21-11/h3-4,7-8H,5-6,15H2,1-2H3,(H,16,20)/t8-/m1/s1. The number of benzene rings is 1. The van der Waals surface area contributed by atoms with Gasteiger partial charge in [0.25, 0.3) is 0 Å². The molecular formula is C14H17N5O3S. The highest BCUT2D eigenvalue weighted by Gasteiger charge is 2.19. The van der Waals surface area contributed by atoms with E-state index in [1.165, 1.54) is 16.4 Å². The highest BCUT2D eigenvalue weighted by molar-refractivity contribution is 8.00. The van der Waals surface area contributed by atoms with E-state index in [4.69, 9.17) is 15.3 Å². The van der Waals surface area contributed by atoms with Crippen molar-refractivity contribution in [3.05, 3.63) is 24.0 Å². The summed E-state index contributed by atoms with van der Waals surface area (Å²) >= 11 is 1.24. The molecule has 122 valence electrons. The van der Waals surface area contributed by atoms with Crippen molar-refractivity contribution in [2.45, 2.75) is 24.3 Å². The maximum Gasteiger partial charge on any atom is 0.237 e. The first-order valence-corrected chi connectivity index (χ1v) is 7.97. The molecule has 1 aliphatic rings. The van der Waals surface area contributed by atoms with Gasteiger partial charge in [-0.05, 0) is 26.0 Å². The van der Waals surface area contributed by atoms with E-state index in [0.717, 1.165) is 0 Å². The smallest absolute Gasteiger partial charge is 0.237 e. The predicted octanol–water partition coefficient (Wildman–Crippen LogP) is 1.19. The van der Waals surface area contributed by atoms with Gasteiger partial charge < -0.3 is 20.6 Å². The van der Waals surface area contributed by atoms with Crippen LogP contribution in [-0.4, -0.2) is 39.2 Å². The molecule has 2 heterocycles. The molecule has 0 fully saturated rings. The van der Waals surface area contributed by atoms with Crippen molar-refractivity contribution in [2.24, 2.45) is 0 Å². The van der Waals surface area contributed by atoms with Gasteiger partial charge in [-0.2, -0.15) is 0 Å². The molecule has 23 heavy (non-hydrogen) atoms. The zero-order chi connectivity index (χ0) is 16.4. The average Bonchev–Trinajstić information content (AvgIpc) is 2.86. The molecule has 9 heteroatoms. The molecule has 1 aromatic heterocycles. The first-order valence-electron chi connectivity index (χ1n) is 7.09. The summed E-state index contributed by atoms with van der Waals surface area (Å²) in [5.74, 6) is 7.53. The summed E-state index contributed by atoms with van der Waals surface area (Å²) in [6.45, 7) is 4.56. The number of aromatic nitrogens is 3. The minimum atomic E-state index is -0.380. The summed E-state index contributed by atoms with van der Waals surface area (Å²) in [7, 11) is 0. The van der Waals surface area contributed by atoms with Crippen LogP contribution >= 0.6 is 11.8 Å². The van der Waals surface area contributed by atoms with Crippen molar-refractivity contribution in [3.63, 3.8) is 0 Å². The Balaban J connectivity index is 1.65. The van der Waals surface area contributed by atoms with E-state index in [9.17, 15) is 4.79 Å². The van der Waals surface area contributed by atoms with Gasteiger partial charge >= 0.3 is 0 Å². The number of fused-ring (bicyclic) bond motifs is 1. The summed E-state index contributed by atoms with van der Waals surface area (Å²) in [6, 6.07) is 5.31. The van der Waals surface area contributed by atoms with Crippen LogP contribution < -0.4 is 20.6 Å². The van der Waals surface area contributed by atoms with Crippen molar-refractivity contribution in [1.29, 1.82) is 0 Å². The first-order chi connectivity index (χ1) is 11.0. The molecule has 0 saturated heterocycles. The quantitative estimate of drug-likeness (QED) is 0.639. The average molecular weight is 335 g/mol. The van der Waals surface area contributed by atoms with Gasteiger partial charge in [-0.25, -0.2) is 4.68 Å². The Morgan fingerprint density at radius 2 is 2.09 bits per heavy atom. The van der Waals surface area contributed by atoms with Gasteiger partial charge in [-0.15, -0.1) is 10.2 Å². The molecule has 0 saturated carbocycles. The summed E-state index contributed by atoms with van der Waals surface area (Å²) < 4.78 is 12.3. The molecule has 8 nitrogen and oxygen atoms in total. The molecule has 3 N–H and O–H groups in total. The Morgan fingerprint density at radius 3 is 2.78 bits per heavy atom. The number of anilines is 1. The van der Waals surface area contributed by atoms with E-state index in [-0.39, 0.29) is 11.2 Å². The third-order valence-electron chi connectivity index (χ3n) is 3.30. The van der Waals surface area contributed by atoms with Crippen molar-refractivity contribution >= 4 is 23.4 Å². The summed E-state index contributed by atoms with van der Waals surface area (Å²) in [5, 5.41) is 10.8. The molecule has 3 rings (SSSR count). The number of thioether (sulfide) groups is 1. The van der Waals surface area contributed by atoms with Gasteiger partial charge in [0.05, 0.1) is 5.25 Å². The van der Waals surface area contributed by atoms with Gasteiger partial charge in [0, 0.05) is 11.8 Å². The number of carbonyl (C=O) groups excluding carboxylic acids is 1. The van der Waals surface area contributed by atoms with E-state index < -0.39 is 0 Å². The second-order valence-electron chi connectivity index (χ2n) is 5.01. The molecular weight excluding hydrogens is 318 g/mol. The molecule has 0 radical (unpaired) electrons. The fourth-order valence-corrected chi connectivity index (χ4v) is 2.82. The van der Waals surface area contributed by atoms with Crippen LogP contribution in [-0.2, 0) is 4.79 Å². The molecule has 1 atom stereocenters. The zero-order valence-electron chi connectivity index (χ0n) is 12.8. The van der Waals surface area contributed by atoms with Gasteiger partial charge in [-0.1, -0.05) is 11.8 Å². The van der Waals surface area contributed by atoms with Gasteiger partial charge in [-0.3, -0.25) is 4.79 Å². The van der Waals surface area contributed by atoms with Crippen molar-refractivity contribution < 1.29 is 14.3 Å². The molecule has 0 aliphatic carbocycles. The number of nitrogens with two attached hydrogens (primary N) is 1. The Bertz CT molecular complexity index is 733. The topological polar surface area (TPSA) is 104 Å². The van der Waals surface area contributed by atoms with Crippen LogP contribution in [0.4, 0.5) is 5.69 Å². The van der Waals surface area contributed by atoms with Gasteiger partial charge in [0.1, 0.15) is 19.0 Å². The Labute approximate surface area is 137 Å². The lowest BCUT2D eigenvalue weighted by Gasteiger charge is -2.19. The Hall–Kier alpha value is -2.42. The lowest BCUT2D eigenvalue weighted by atomic mass is 10.2. The number of carbonyl (C=O) groups is 1. The van der Waals surface area contributed by atoms with E-state index in [2.05, 4.69) is 15.5 Å². The third-order valence-corrected chi connectivity index (χ3v) is 4.35. The molecule has 0 spiro atoms. The summed E-state index contributed by atoms with van der Waals surface area (Å²) in [4.78, 5) is 12.3. The van der Waals surface area contributed by atoms with Crippen LogP contribution in [0.25, 0.3) is 0 Å². The van der Waals surface area contributed by atoms with Crippen molar-refractivity contribution in [2.75, 3.05) is 24.4 Å². The van der Waals surface area contributed by atoms with E-state index in [0.29, 0.717) is 41.4 Å². The summed E-state index contributed by atoms with van der Waals surface area (Å²) in [5.41, 5.74) is 0.650. The number of nitrogens with one attached hydrogen (secondary N) is 1. The van der Waals surface area contributed by atoms with Crippen LogP contribution in [0.15, 0.2) is 23.4 Å². The van der Waals surface area contributed by atoms with Crippen LogP contribution in [0.2, 0.25) is 0 Å². The van der Waals surface area contributed by atoms with E-state index >= 15 is 0 Å². The Kier molecular flexibility index (Phi) is 4.28. The van der Waals surface area contributed by atoms with Crippen molar-refractivity contribution in [1.82, 2.24) is 14.9 Å². The SMILES string of the molecule is Cc1nnc(S[C@H](C)C(=O)Nc2ccc3c(c2)OCCO3)n1N. The maximum atomic E-state index is 12.3. The third kappa shape index (κ3) is 3.34. The predicted molar refractivity (Wildman–Crippen MR) is 86.3 cm³/mol. The Morgan fingerprint density at radius 1 is 1.35 bits per heavy atom. The molecule has 1 aliphatic heterocycles. The first kappa shape index (κ1) is 15.5. The number of aryl methyl sites for hydroxylation is 1. The lowest BCUT2D eigenvalue weighted by molar-refractivity contribution is -0.115. The zero-order valence-corrected chi connectivity index (χ0v) is 13.6. The lowest BCUT2D eigenvalue weighted by Crippen LogP contribution is -2.24. The fraction of sp³-hybridized carbons (Fsp3) is 0.357. The van der Waals surface area contributed by atoms with Gasteiger partial charge in [0.15, 0.2) is 11.5 Å². The highest BCUT2D eigenvalue weighted by Crippen LogP contribution is 2.33. The highest BCUT2D eigenvalue weighted by atomic mass is 32.2. The maximum absolute atomic E-state index is 12.3. The molecule has 0 unspecified atom stereocenters. The van der Waals surface area contributed by atoms with Crippen molar-refractivity contribution in [3.8, 4) is 11.5 Å². The number of nitrogen functional groups attached to an aromatic ring is 1. The number of ether oxygens (including phenoxy) is 2. The second kappa shape index (κ2) is 6.37. The molecule has 2 aromatic rings. The van der Waals surface area contributed by atoms with E-state index in [1.807, 2.05) is 0 Å². The number of hydrogen-bond acceptors (Lipinski definition) is 7. The van der Waals surface area contributed by atoms with Gasteiger partial charge in [0.2, 0.25) is 11.1 Å². The largest absolute Gasteiger partial charge is 0.486 e. The number of rotatable bonds is 4. The van der Waals surface area contributed by atoms with Crippen LogP contribution in [0, 0.1) is 6.92 Å². The molecule has 1 amide bonds. The van der Waals surface area contributed by atoms with E-state index in [1.54, 1.807) is 32.0 Å². The van der Waals surface area contributed by atoms with Crippen LogP contribution in [0.3, 0.4) is 0 Å². The molecule has 0 bridgehead atoms. The number of hydrogen-bond donors (Lipinski definition) is 2. The number of nitrogens with zero attached hydrogens (tertiary/aromatic N) is 3. The molecule has 1 aromatic carbocycles. The minimum Gasteiger partial charge on any atom is -0.486 e. The van der Waals surface area contributed by atoms with Crippen LogP contribution in [0.1, 0.15) is 12.7 Å². The number of amides is 1. The normalized spacial score (nSPS) is 14.3. The monoisotopic (exact) mass is 335 g/mol. The summed E-state index contributed by atoms with van der Waals surface area (Å²) in [6.07, 6.45) is 0. The minimum absolute atomic E-state index is 0.160. The fourth-order valence-electron chi connectivity index (χ4n) is 2.01. The van der Waals surface area contributed by atoms with Crippen LogP contribution in [0.5, 0.6) is 11.5 Å².